The molecular weight excluding hydrogens is 481 g/mol. The van der Waals surface area contributed by atoms with Crippen LogP contribution in [0.3, 0.4) is 0 Å². The molecule has 2 aromatic carbocycles. The lowest BCUT2D eigenvalue weighted by atomic mass is 9.85. The van der Waals surface area contributed by atoms with Crippen molar-refractivity contribution in [1.82, 2.24) is 19.4 Å². The van der Waals surface area contributed by atoms with Gasteiger partial charge in [-0.15, -0.1) is 13.2 Å². The molecule has 1 unspecified atom stereocenters. The highest BCUT2D eigenvalue weighted by Crippen LogP contribution is 2.39. The quantitative estimate of drug-likeness (QED) is 0.323. The molecule has 1 atom stereocenters. The van der Waals surface area contributed by atoms with Crippen molar-refractivity contribution in [2.45, 2.75) is 43.9 Å². The molecule has 1 saturated carbocycles. The van der Waals surface area contributed by atoms with E-state index in [1.807, 2.05) is 46.0 Å². The molecule has 1 saturated heterocycles. The number of imidazole rings is 1. The molecule has 0 bridgehead atoms. The molecule has 3 heterocycles. The number of alkyl halides is 3. The van der Waals surface area contributed by atoms with Crippen LogP contribution in [0.5, 0.6) is 5.75 Å². The van der Waals surface area contributed by atoms with Crippen LogP contribution in [0, 0.1) is 0 Å². The molecule has 6 rings (SSSR count). The summed E-state index contributed by atoms with van der Waals surface area (Å²) >= 11 is 0. The SMILES string of the molecule is O=C(c1ccc2c(c1)nc(C1CCC1)n2-c1ccc(OC(F)(F)F)cc1)N1CCC(c2cccnc2)C1. The Morgan fingerprint density at radius 3 is 2.49 bits per heavy atom. The number of pyridine rings is 1. The number of carbonyl (C=O) groups excluding carboxylic acids is 1. The summed E-state index contributed by atoms with van der Waals surface area (Å²) in [5.74, 6) is 1.12. The number of nitrogens with zero attached hydrogens (tertiary/aromatic N) is 4. The van der Waals surface area contributed by atoms with Gasteiger partial charge in [0.05, 0.1) is 11.0 Å². The van der Waals surface area contributed by atoms with Crippen LogP contribution in [0.15, 0.2) is 67.0 Å². The van der Waals surface area contributed by atoms with Crippen molar-refractivity contribution in [3.8, 4) is 11.4 Å². The zero-order valence-corrected chi connectivity index (χ0v) is 20.0. The van der Waals surface area contributed by atoms with Gasteiger partial charge in [0, 0.05) is 48.6 Å². The lowest BCUT2D eigenvalue weighted by molar-refractivity contribution is -0.274. The number of hydrogen-bond donors (Lipinski definition) is 0. The number of ether oxygens (including phenoxy) is 1. The molecule has 0 N–H and O–H groups in total. The second-order valence-corrected chi connectivity index (χ2v) is 9.70. The van der Waals surface area contributed by atoms with Gasteiger partial charge in [-0.25, -0.2) is 4.98 Å². The largest absolute Gasteiger partial charge is 0.573 e. The lowest BCUT2D eigenvalue weighted by Gasteiger charge is -2.25. The number of halogens is 3. The molecule has 0 radical (unpaired) electrons. The summed E-state index contributed by atoms with van der Waals surface area (Å²) < 4.78 is 43.8. The van der Waals surface area contributed by atoms with Gasteiger partial charge in [0.1, 0.15) is 11.6 Å². The fourth-order valence-electron chi connectivity index (χ4n) is 5.26. The van der Waals surface area contributed by atoms with Gasteiger partial charge in [-0.1, -0.05) is 12.5 Å². The third-order valence-electron chi connectivity index (χ3n) is 7.36. The average Bonchev–Trinajstić information content (AvgIpc) is 3.48. The van der Waals surface area contributed by atoms with Gasteiger partial charge < -0.3 is 9.64 Å². The molecule has 1 aliphatic carbocycles. The van der Waals surface area contributed by atoms with E-state index in [1.54, 1.807) is 18.3 Å². The number of likely N-dealkylation sites (tertiary alicyclic amines) is 1. The monoisotopic (exact) mass is 506 g/mol. The van der Waals surface area contributed by atoms with E-state index in [1.165, 1.54) is 12.1 Å². The molecule has 1 amide bonds. The Kier molecular flexibility index (Phi) is 5.85. The number of aromatic nitrogens is 3. The van der Waals surface area contributed by atoms with E-state index in [-0.39, 0.29) is 23.5 Å². The Labute approximate surface area is 211 Å². The van der Waals surface area contributed by atoms with Gasteiger partial charge in [-0.2, -0.15) is 0 Å². The molecule has 4 aromatic rings. The summed E-state index contributed by atoms with van der Waals surface area (Å²) in [6, 6.07) is 15.3. The van der Waals surface area contributed by atoms with E-state index in [4.69, 9.17) is 4.98 Å². The van der Waals surface area contributed by atoms with E-state index in [0.29, 0.717) is 29.9 Å². The topological polar surface area (TPSA) is 60.3 Å². The van der Waals surface area contributed by atoms with Crippen LogP contribution in [0.1, 0.15) is 59.3 Å². The van der Waals surface area contributed by atoms with Crippen LogP contribution in [0.4, 0.5) is 13.2 Å². The Bertz CT molecular complexity index is 1430. The first-order valence-corrected chi connectivity index (χ1v) is 12.4. The van der Waals surface area contributed by atoms with E-state index in [2.05, 4.69) is 9.72 Å². The van der Waals surface area contributed by atoms with E-state index in [0.717, 1.165) is 42.6 Å². The summed E-state index contributed by atoms with van der Waals surface area (Å²) in [5, 5.41) is 0. The molecule has 2 aliphatic rings. The minimum absolute atomic E-state index is 0.0262. The third kappa shape index (κ3) is 4.65. The van der Waals surface area contributed by atoms with Crippen LogP contribution < -0.4 is 4.74 Å². The zero-order chi connectivity index (χ0) is 25.6. The van der Waals surface area contributed by atoms with Gasteiger partial charge in [0.25, 0.3) is 5.91 Å². The summed E-state index contributed by atoms with van der Waals surface area (Å²) in [4.78, 5) is 24.3. The number of hydrogen-bond acceptors (Lipinski definition) is 4. The standard InChI is InChI=1S/C28H25F3N4O2/c29-28(30,31)37-23-9-7-22(8-10-23)35-25-11-6-19(15-24(25)33-26(35)18-3-1-4-18)27(36)34-14-12-21(17-34)20-5-2-13-32-16-20/h2,5-11,13,15-16,18,21H,1,3-4,12,14,17H2. The predicted octanol–water partition coefficient (Wildman–Crippen LogP) is 6.22. The maximum absolute atomic E-state index is 13.4. The first kappa shape index (κ1) is 23.5. The van der Waals surface area contributed by atoms with Gasteiger partial charge in [0.2, 0.25) is 0 Å². The van der Waals surface area contributed by atoms with Crippen LogP contribution >= 0.6 is 0 Å². The fraction of sp³-hybridized carbons (Fsp3) is 0.321. The van der Waals surface area contributed by atoms with Crippen molar-refractivity contribution < 1.29 is 22.7 Å². The van der Waals surface area contributed by atoms with Crippen molar-refractivity contribution in [3.05, 3.63) is 83.9 Å². The Hall–Kier alpha value is -3.88. The number of rotatable bonds is 5. The molecule has 190 valence electrons. The van der Waals surface area contributed by atoms with Crippen molar-refractivity contribution in [2.75, 3.05) is 13.1 Å². The summed E-state index contributed by atoms with van der Waals surface area (Å²) in [6.07, 6.45) is 2.90. The van der Waals surface area contributed by atoms with E-state index < -0.39 is 6.36 Å². The average molecular weight is 507 g/mol. The van der Waals surface area contributed by atoms with Crippen LogP contribution in [0.25, 0.3) is 16.7 Å². The summed E-state index contributed by atoms with van der Waals surface area (Å²) in [5.41, 5.74) is 3.95. The Morgan fingerprint density at radius 2 is 1.81 bits per heavy atom. The zero-order valence-electron chi connectivity index (χ0n) is 20.0. The van der Waals surface area contributed by atoms with Gasteiger partial charge in [-0.3, -0.25) is 14.3 Å². The lowest BCUT2D eigenvalue weighted by Crippen LogP contribution is -2.28. The Balaban J connectivity index is 1.29. The number of fused-ring (bicyclic) bond motifs is 1. The van der Waals surface area contributed by atoms with Gasteiger partial charge in [0.15, 0.2) is 0 Å². The minimum atomic E-state index is -4.74. The fourth-order valence-corrected chi connectivity index (χ4v) is 5.26. The predicted molar refractivity (Wildman–Crippen MR) is 132 cm³/mol. The Morgan fingerprint density at radius 1 is 1.00 bits per heavy atom. The molecule has 0 spiro atoms. The molecule has 2 fully saturated rings. The van der Waals surface area contributed by atoms with E-state index in [9.17, 15) is 18.0 Å². The smallest absolute Gasteiger partial charge is 0.406 e. The van der Waals surface area contributed by atoms with Crippen molar-refractivity contribution in [3.63, 3.8) is 0 Å². The highest BCUT2D eigenvalue weighted by Gasteiger charge is 2.32. The maximum atomic E-state index is 13.4. The maximum Gasteiger partial charge on any atom is 0.573 e. The van der Waals surface area contributed by atoms with Crippen LogP contribution in [0.2, 0.25) is 0 Å². The van der Waals surface area contributed by atoms with Crippen LogP contribution in [-0.4, -0.2) is 44.8 Å². The van der Waals surface area contributed by atoms with Gasteiger partial charge >= 0.3 is 6.36 Å². The molecule has 2 aromatic heterocycles. The summed E-state index contributed by atoms with van der Waals surface area (Å²) in [6.45, 7) is 1.33. The second kappa shape index (κ2) is 9.21. The molecule has 1 aliphatic heterocycles. The summed E-state index contributed by atoms with van der Waals surface area (Å²) in [7, 11) is 0. The van der Waals surface area contributed by atoms with E-state index >= 15 is 0 Å². The minimum Gasteiger partial charge on any atom is -0.406 e. The molecule has 6 nitrogen and oxygen atoms in total. The normalized spacial score (nSPS) is 18.2. The van der Waals surface area contributed by atoms with Crippen molar-refractivity contribution >= 4 is 16.9 Å². The van der Waals surface area contributed by atoms with Gasteiger partial charge in [-0.05, 0) is 73.4 Å². The first-order valence-electron chi connectivity index (χ1n) is 12.4. The highest BCUT2D eigenvalue weighted by molar-refractivity contribution is 5.98. The van der Waals surface area contributed by atoms with Crippen molar-refractivity contribution in [1.29, 1.82) is 0 Å². The molecule has 37 heavy (non-hydrogen) atoms. The highest BCUT2D eigenvalue weighted by atomic mass is 19.4. The number of carbonyl (C=O) groups is 1. The molecule has 9 heteroatoms. The first-order chi connectivity index (χ1) is 17.9. The third-order valence-corrected chi connectivity index (χ3v) is 7.36. The number of benzene rings is 2. The van der Waals surface area contributed by atoms with Crippen molar-refractivity contribution in [2.24, 2.45) is 0 Å². The second-order valence-electron chi connectivity index (χ2n) is 9.70. The van der Waals surface area contributed by atoms with Crippen LogP contribution in [-0.2, 0) is 0 Å². The number of amides is 1. The molecular formula is C28H25F3N4O2.